The predicted octanol–water partition coefficient (Wildman–Crippen LogP) is 6.97. The fourth-order valence-corrected chi connectivity index (χ4v) is 3.34. The average molecular weight is 458 g/mol. The van der Waals surface area contributed by atoms with Crippen molar-refractivity contribution in [1.29, 1.82) is 0 Å². The van der Waals surface area contributed by atoms with Gasteiger partial charge in [0.1, 0.15) is 17.5 Å². The van der Waals surface area contributed by atoms with Crippen molar-refractivity contribution in [2.75, 3.05) is 10.9 Å². The van der Waals surface area contributed by atoms with Gasteiger partial charge in [-0.1, -0.05) is 42.5 Å². The second-order valence-electron chi connectivity index (χ2n) is 7.66. The van der Waals surface area contributed by atoms with Gasteiger partial charge in [0.15, 0.2) is 0 Å². The molecule has 0 saturated heterocycles. The predicted molar refractivity (Wildman–Crippen MR) is 132 cm³/mol. The van der Waals surface area contributed by atoms with E-state index in [1.165, 1.54) is 12.1 Å². The minimum atomic E-state index is -0.672. The molecule has 0 amide bonds. The highest BCUT2D eigenvalue weighted by Crippen LogP contribution is 2.21. The maximum absolute atomic E-state index is 13.5. The summed E-state index contributed by atoms with van der Waals surface area (Å²) in [6.45, 7) is 1.82. The largest absolute Gasteiger partial charge is 0.278 e. The summed E-state index contributed by atoms with van der Waals surface area (Å²) in [5.74, 6) is -1.66. The molecule has 4 nitrogen and oxygen atoms in total. The zero-order valence-corrected chi connectivity index (χ0v) is 18.3. The van der Waals surface area contributed by atoms with E-state index < -0.39 is 11.6 Å². The van der Waals surface area contributed by atoms with Crippen LogP contribution in [0.1, 0.15) is 16.7 Å². The van der Waals surface area contributed by atoms with Crippen molar-refractivity contribution < 1.29 is 13.2 Å². The summed E-state index contributed by atoms with van der Waals surface area (Å²) in [5.41, 5.74) is 10.8. The summed E-state index contributed by atoms with van der Waals surface area (Å²) in [6.07, 6.45) is 3.24. The molecule has 170 valence electrons. The number of rotatable bonds is 7. The number of hydrogen-bond acceptors (Lipinski definition) is 4. The lowest BCUT2D eigenvalue weighted by Crippen LogP contribution is -1.93. The van der Waals surface area contributed by atoms with Crippen molar-refractivity contribution in [1.82, 2.24) is 0 Å². The summed E-state index contributed by atoms with van der Waals surface area (Å²) in [7, 11) is 0. The lowest BCUT2D eigenvalue weighted by atomic mass is 10.0. The zero-order chi connectivity index (χ0) is 23.9. The first-order chi connectivity index (χ1) is 16.4. The van der Waals surface area contributed by atoms with E-state index in [0.29, 0.717) is 5.69 Å². The van der Waals surface area contributed by atoms with E-state index in [-0.39, 0.29) is 11.5 Å². The molecule has 4 aromatic rings. The van der Waals surface area contributed by atoms with Gasteiger partial charge in [-0.3, -0.25) is 10.9 Å². The molecule has 7 heteroatoms. The fraction of sp³-hybridized carbons (Fsp3) is 0.0370. The molecule has 4 aromatic carbocycles. The quantitative estimate of drug-likeness (QED) is 0.232. The van der Waals surface area contributed by atoms with Crippen LogP contribution in [-0.2, 0) is 0 Å². The molecule has 0 unspecified atom stereocenters. The number of anilines is 2. The van der Waals surface area contributed by atoms with Crippen LogP contribution in [0.2, 0.25) is 0 Å². The van der Waals surface area contributed by atoms with E-state index in [9.17, 15) is 13.2 Å². The molecular formula is C27H21F3N4. The number of hydrogen-bond donors (Lipinski definition) is 2. The van der Waals surface area contributed by atoms with E-state index in [2.05, 4.69) is 21.1 Å². The van der Waals surface area contributed by atoms with Crippen LogP contribution in [-0.4, -0.2) is 12.4 Å². The van der Waals surface area contributed by atoms with Gasteiger partial charge in [-0.15, -0.1) is 0 Å². The topological polar surface area (TPSA) is 48.8 Å². The van der Waals surface area contributed by atoms with Gasteiger partial charge in [-0.25, -0.2) is 13.2 Å². The number of nitrogens with zero attached hydrogens (tertiary/aromatic N) is 2. The Balaban J connectivity index is 1.40. The van der Waals surface area contributed by atoms with Crippen LogP contribution in [0.15, 0.2) is 95.1 Å². The molecule has 0 bridgehead atoms. The summed E-state index contributed by atoms with van der Waals surface area (Å²) < 4.78 is 40.0. The molecule has 0 atom stereocenters. The molecule has 0 saturated carbocycles. The normalized spacial score (nSPS) is 11.3. The second kappa shape index (κ2) is 10.5. The van der Waals surface area contributed by atoms with Gasteiger partial charge < -0.3 is 0 Å². The highest BCUT2D eigenvalue weighted by Gasteiger charge is 2.01. The first-order valence-corrected chi connectivity index (χ1v) is 10.5. The van der Waals surface area contributed by atoms with Crippen molar-refractivity contribution in [3.05, 3.63) is 119 Å². The van der Waals surface area contributed by atoms with Crippen LogP contribution in [0.5, 0.6) is 0 Å². The molecular weight excluding hydrogens is 437 g/mol. The number of aryl methyl sites for hydroxylation is 1. The van der Waals surface area contributed by atoms with Crippen LogP contribution in [0.4, 0.5) is 24.5 Å². The number of halogens is 3. The third-order valence-corrected chi connectivity index (χ3v) is 4.85. The summed E-state index contributed by atoms with van der Waals surface area (Å²) in [4.78, 5) is 0. The Morgan fingerprint density at radius 2 is 1.18 bits per heavy atom. The fourth-order valence-electron chi connectivity index (χ4n) is 3.34. The van der Waals surface area contributed by atoms with Crippen molar-refractivity contribution in [3.63, 3.8) is 0 Å². The smallest absolute Gasteiger partial charge is 0.128 e. The van der Waals surface area contributed by atoms with Gasteiger partial charge in [-0.2, -0.15) is 10.2 Å². The van der Waals surface area contributed by atoms with E-state index in [1.54, 1.807) is 12.4 Å². The van der Waals surface area contributed by atoms with E-state index in [0.717, 1.165) is 46.0 Å². The van der Waals surface area contributed by atoms with Crippen molar-refractivity contribution >= 4 is 23.8 Å². The second-order valence-corrected chi connectivity index (χ2v) is 7.66. The Bertz CT molecular complexity index is 1310. The molecule has 2 N–H and O–H groups in total. The highest BCUT2D eigenvalue weighted by atomic mass is 19.1. The van der Waals surface area contributed by atoms with Crippen LogP contribution >= 0.6 is 0 Å². The maximum atomic E-state index is 13.5. The van der Waals surface area contributed by atoms with Gasteiger partial charge in [0.25, 0.3) is 0 Å². The number of hydrazone groups is 2. The van der Waals surface area contributed by atoms with E-state index >= 15 is 0 Å². The van der Waals surface area contributed by atoms with E-state index in [4.69, 9.17) is 0 Å². The van der Waals surface area contributed by atoms with Gasteiger partial charge in [0.2, 0.25) is 0 Å². The van der Waals surface area contributed by atoms with Crippen LogP contribution < -0.4 is 10.9 Å². The highest BCUT2D eigenvalue weighted by molar-refractivity contribution is 5.84. The minimum Gasteiger partial charge on any atom is -0.278 e. The van der Waals surface area contributed by atoms with Crippen LogP contribution in [0.25, 0.3) is 11.1 Å². The van der Waals surface area contributed by atoms with E-state index in [1.807, 2.05) is 61.5 Å². The molecule has 0 radical (unpaired) electrons. The van der Waals surface area contributed by atoms with Gasteiger partial charge in [0, 0.05) is 6.07 Å². The molecule has 34 heavy (non-hydrogen) atoms. The summed E-state index contributed by atoms with van der Waals surface area (Å²) in [6, 6.07) is 23.3. The summed E-state index contributed by atoms with van der Waals surface area (Å²) in [5, 5.41) is 8.22. The Hall–Kier alpha value is -4.39. The number of nitrogens with one attached hydrogen (secondary N) is 2. The molecule has 0 heterocycles. The Kier molecular flexibility index (Phi) is 7.03. The molecule has 0 aliphatic rings. The zero-order valence-electron chi connectivity index (χ0n) is 18.3. The molecule has 0 fully saturated rings. The Morgan fingerprint density at radius 3 is 1.82 bits per heavy atom. The van der Waals surface area contributed by atoms with Crippen LogP contribution in [0, 0.1) is 24.4 Å². The average Bonchev–Trinajstić information content (AvgIpc) is 2.79. The molecule has 0 spiro atoms. The molecule has 0 aliphatic carbocycles. The van der Waals surface area contributed by atoms with Gasteiger partial charge >= 0.3 is 0 Å². The maximum Gasteiger partial charge on any atom is 0.128 e. The lowest BCUT2D eigenvalue weighted by molar-refractivity contribution is 0.584. The molecule has 0 aliphatic heterocycles. The van der Waals surface area contributed by atoms with Gasteiger partial charge in [-0.05, 0) is 71.1 Å². The van der Waals surface area contributed by atoms with Crippen molar-refractivity contribution in [2.45, 2.75) is 6.92 Å². The molecule has 4 rings (SSSR count). The van der Waals surface area contributed by atoms with Crippen LogP contribution in [0.3, 0.4) is 0 Å². The third-order valence-electron chi connectivity index (χ3n) is 4.85. The Morgan fingerprint density at radius 1 is 0.588 bits per heavy atom. The van der Waals surface area contributed by atoms with Crippen molar-refractivity contribution in [3.8, 4) is 11.1 Å². The Labute approximate surface area is 195 Å². The monoisotopic (exact) mass is 458 g/mol. The first-order valence-electron chi connectivity index (χ1n) is 10.5. The number of benzene rings is 4. The van der Waals surface area contributed by atoms with Crippen molar-refractivity contribution in [2.24, 2.45) is 10.2 Å². The lowest BCUT2D eigenvalue weighted by Gasteiger charge is -2.05. The summed E-state index contributed by atoms with van der Waals surface area (Å²) >= 11 is 0. The molecule has 0 aromatic heterocycles. The SMILES string of the molecule is Cc1cc(F)cc(N/N=C/c2cccc(-c3ccc(/C=N/Nc4cc(F)cc(F)c4)cc3)c2)c1. The third kappa shape index (κ3) is 6.32. The first kappa shape index (κ1) is 22.8. The minimum absolute atomic E-state index is 0.228. The van der Waals surface area contributed by atoms with Gasteiger partial charge in [0.05, 0.1) is 23.8 Å². The standard InChI is InChI=1S/C27H21F3N4/c1-18-9-23(28)13-26(10-18)33-32-17-20-3-2-4-22(11-20)21-7-5-19(6-8-21)16-31-34-27-14-24(29)12-25(30)15-27/h2-17,33-34H,1H3/b31-16+,32-17+.